The summed E-state index contributed by atoms with van der Waals surface area (Å²) >= 11 is 12.6. The van der Waals surface area contributed by atoms with Crippen LogP contribution in [0.2, 0.25) is 10.0 Å². The highest BCUT2D eigenvalue weighted by atomic mass is 35.5. The van der Waals surface area contributed by atoms with Gasteiger partial charge in [-0.1, -0.05) is 23.2 Å². The Balaban J connectivity index is 1.51. The first-order chi connectivity index (χ1) is 17.3. The third-order valence-corrected chi connectivity index (χ3v) is 7.72. The molecular weight excluding hydrogens is 508 g/mol. The van der Waals surface area contributed by atoms with Crippen LogP contribution in [0.1, 0.15) is 57.4 Å². The SMILES string of the molecule is NC(=O)[C@H]1CC[C@H](n2c(Nc3c(Cl)cc(F)cc3Cl)nc3cnc(N[C@@H]4CCC[C@H](O)C4)nc32)CC1. The highest BCUT2D eigenvalue weighted by Gasteiger charge is 2.30. The summed E-state index contributed by atoms with van der Waals surface area (Å²) in [5.74, 6) is -0.0719. The molecule has 2 aliphatic rings. The molecule has 2 atom stereocenters. The number of primary amides is 1. The number of nitrogens with zero attached hydrogens (tertiary/aromatic N) is 4. The van der Waals surface area contributed by atoms with Crippen molar-refractivity contribution in [1.29, 1.82) is 0 Å². The lowest BCUT2D eigenvalue weighted by molar-refractivity contribution is -0.122. The van der Waals surface area contributed by atoms with Crippen LogP contribution in [0.4, 0.5) is 22.0 Å². The van der Waals surface area contributed by atoms with Gasteiger partial charge in [-0.05, 0) is 63.5 Å². The van der Waals surface area contributed by atoms with Gasteiger partial charge >= 0.3 is 0 Å². The van der Waals surface area contributed by atoms with Gasteiger partial charge in [-0.25, -0.2) is 14.4 Å². The molecule has 1 amide bonds. The molecule has 0 unspecified atom stereocenters. The smallest absolute Gasteiger partial charge is 0.224 e. The Bertz CT molecular complexity index is 1260. The number of fused-ring (bicyclic) bond motifs is 1. The van der Waals surface area contributed by atoms with Crippen molar-refractivity contribution in [3.8, 4) is 0 Å². The van der Waals surface area contributed by atoms with Gasteiger partial charge in [0.15, 0.2) is 5.65 Å². The maximum atomic E-state index is 13.8. The Morgan fingerprint density at radius 3 is 2.50 bits per heavy atom. The second-order valence-electron chi connectivity index (χ2n) is 9.65. The van der Waals surface area contributed by atoms with E-state index in [0.717, 1.165) is 19.3 Å². The van der Waals surface area contributed by atoms with Crippen LogP contribution in [0, 0.1) is 11.7 Å². The third-order valence-electron chi connectivity index (χ3n) is 7.12. The average Bonchev–Trinajstić information content (AvgIpc) is 3.18. The number of anilines is 3. The molecule has 0 spiro atoms. The number of amides is 1. The number of aliphatic hydroxyl groups excluding tert-OH is 1. The van der Waals surface area contributed by atoms with E-state index in [9.17, 15) is 14.3 Å². The van der Waals surface area contributed by atoms with E-state index in [1.807, 2.05) is 4.57 Å². The lowest BCUT2D eigenvalue weighted by atomic mass is 9.85. The molecule has 12 heteroatoms. The van der Waals surface area contributed by atoms with Crippen LogP contribution in [0.25, 0.3) is 11.2 Å². The van der Waals surface area contributed by atoms with Crippen molar-refractivity contribution in [3.05, 3.63) is 34.2 Å². The molecule has 1 aromatic carbocycles. The van der Waals surface area contributed by atoms with Crippen molar-refractivity contribution in [2.24, 2.45) is 11.7 Å². The quantitative estimate of drug-likeness (QED) is 0.351. The fraction of sp³-hybridized carbons (Fsp3) is 0.500. The fourth-order valence-corrected chi connectivity index (χ4v) is 5.82. The zero-order valence-electron chi connectivity index (χ0n) is 19.6. The summed E-state index contributed by atoms with van der Waals surface area (Å²) in [7, 11) is 0. The van der Waals surface area contributed by atoms with Crippen molar-refractivity contribution in [2.75, 3.05) is 10.6 Å². The predicted octanol–water partition coefficient (Wildman–Crippen LogP) is 4.95. The van der Waals surface area contributed by atoms with Crippen molar-refractivity contribution < 1.29 is 14.3 Å². The number of hydrogen-bond acceptors (Lipinski definition) is 7. The lowest BCUT2D eigenvalue weighted by Crippen LogP contribution is -2.30. The van der Waals surface area contributed by atoms with Crippen molar-refractivity contribution in [3.63, 3.8) is 0 Å². The van der Waals surface area contributed by atoms with E-state index in [0.29, 0.717) is 60.9 Å². The summed E-state index contributed by atoms with van der Waals surface area (Å²) in [6.45, 7) is 0. The minimum absolute atomic E-state index is 0.00893. The minimum atomic E-state index is -0.539. The Labute approximate surface area is 217 Å². The highest BCUT2D eigenvalue weighted by molar-refractivity contribution is 6.39. The topological polar surface area (TPSA) is 131 Å². The van der Waals surface area contributed by atoms with E-state index in [4.69, 9.17) is 38.9 Å². The number of halogens is 3. The number of benzene rings is 1. The Morgan fingerprint density at radius 2 is 1.83 bits per heavy atom. The number of imidazole rings is 1. The third kappa shape index (κ3) is 5.21. The van der Waals surface area contributed by atoms with Gasteiger partial charge in [0.2, 0.25) is 17.8 Å². The molecule has 2 heterocycles. The van der Waals surface area contributed by atoms with Crippen LogP contribution in [0.3, 0.4) is 0 Å². The second kappa shape index (κ2) is 10.4. The first-order valence-electron chi connectivity index (χ1n) is 12.2. The van der Waals surface area contributed by atoms with E-state index in [-0.39, 0.29) is 40.1 Å². The first-order valence-corrected chi connectivity index (χ1v) is 12.9. The standard InChI is InChI=1S/C24H28Cl2FN7O2/c25-17-8-13(27)9-18(26)20(17)32-24-31-19-11-29-23(30-14-2-1-3-16(35)10-14)33-22(19)34(24)15-6-4-12(5-7-15)21(28)36/h8-9,11-12,14-16,35H,1-7,10H2,(H2,28,36)(H,31,32)(H,29,30,33)/t12-,14-,15-,16+/m1/s1. The van der Waals surface area contributed by atoms with E-state index in [1.54, 1.807) is 6.20 Å². The van der Waals surface area contributed by atoms with E-state index in [2.05, 4.69) is 15.6 Å². The summed E-state index contributed by atoms with van der Waals surface area (Å²) in [5.41, 5.74) is 7.06. The van der Waals surface area contributed by atoms with E-state index in [1.165, 1.54) is 12.1 Å². The van der Waals surface area contributed by atoms with Gasteiger partial charge in [0.25, 0.3) is 0 Å². The number of nitrogens with two attached hydrogens (primary N) is 1. The summed E-state index contributed by atoms with van der Waals surface area (Å²) in [5, 5.41) is 16.8. The van der Waals surface area contributed by atoms with Crippen LogP contribution >= 0.6 is 23.2 Å². The van der Waals surface area contributed by atoms with Crippen LogP contribution in [-0.4, -0.2) is 42.7 Å². The molecule has 2 aromatic heterocycles. The zero-order chi connectivity index (χ0) is 25.4. The molecule has 36 heavy (non-hydrogen) atoms. The molecule has 2 aliphatic carbocycles. The summed E-state index contributed by atoms with van der Waals surface area (Å²) in [6.07, 6.45) is 7.38. The van der Waals surface area contributed by atoms with Gasteiger partial charge < -0.3 is 21.5 Å². The van der Waals surface area contributed by atoms with Gasteiger partial charge in [0.1, 0.15) is 11.3 Å². The number of carbonyl (C=O) groups excluding carboxylic acids is 1. The molecule has 3 aromatic rings. The first kappa shape index (κ1) is 25.0. The minimum Gasteiger partial charge on any atom is -0.393 e. The Kier molecular flexibility index (Phi) is 7.18. The van der Waals surface area contributed by atoms with Gasteiger partial charge in [-0.3, -0.25) is 9.36 Å². The van der Waals surface area contributed by atoms with Gasteiger partial charge in [0.05, 0.1) is 28.0 Å². The van der Waals surface area contributed by atoms with Crippen LogP contribution in [0.5, 0.6) is 0 Å². The molecule has 9 nitrogen and oxygen atoms in total. The number of hydrogen-bond donors (Lipinski definition) is 4. The number of aromatic nitrogens is 4. The predicted molar refractivity (Wildman–Crippen MR) is 137 cm³/mol. The molecule has 0 aliphatic heterocycles. The molecule has 2 saturated carbocycles. The molecule has 5 N–H and O–H groups in total. The van der Waals surface area contributed by atoms with Gasteiger partial charge in [0, 0.05) is 18.0 Å². The molecule has 5 rings (SSSR count). The summed E-state index contributed by atoms with van der Waals surface area (Å²) < 4.78 is 15.7. The normalized spacial score (nSPS) is 24.6. The van der Waals surface area contributed by atoms with E-state index >= 15 is 0 Å². The lowest BCUT2D eigenvalue weighted by Gasteiger charge is -2.29. The van der Waals surface area contributed by atoms with Crippen molar-refractivity contribution in [1.82, 2.24) is 19.5 Å². The summed E-state index contributed by atoms with van der Waals surface area (Å²) in [4.78, 5) is 25.6. The van der Waals surface area contributed by atoms with Gasteiger partial charge in [-0.15, -0.1) is 0 Å². The Hall–Kier alpha value is -2.69. The van der Waals surface area contributed by atoms with Gasteiger partial charge in [-0.2, -0.15) is 4.98 Å². The maximum Gasteiger partial charge on any atom is 0.224 e. The van der Waals surface area contributed by atoms with Crippen LogP contribution in [0.15, 0.2) is 18.3 Å². The fourth-order valence-electron chi connectivity index (χ4n) is 5.26. The number of carbonyl (C=O) groups is 1. The molecule has 192 valence electrons. The molecule has 0 radical (unpaired) electrons. The van der Waals surface area contributed by atoms with Crippen LogP contribution in [-0.2, 0) is 4.79 Å². The van der Waals surface area contributed by atoms with Crippen molar-refractivity contribution >= 4 is 57.9 Å². The monoisotopic (exact) mass is 535 g/mol. The largest absolute Gasteiger partial charge is 0.393 e. The molecule has 0 bridgehead atoms. The highest BCUT2D eigenvalue weighted by Crippen LogP contribution is 2.39. The zero-order valence-corrected chi connectivity index (χ0v) is 21.1. The number of aliphatic hydroxyl groups is 1. The summed E-state index contributed by atoms with van der Waals surface area (Å²) in [6, 6.07) is 2.44. The molecule has 2 fully saturated rings. The van der Waals surface area contributed by atoms with E-state index < -0.39 is 5.82 Å². The second-order valence-corrected chi connectivity index (χ2v) is 10.5. The van der Waals surface area contributed by atoms with Crippen LogP contribution < -0.4 is 16.4 Å². The Morgan fingerprint density at radius 1 is 1.11 bits per heavy atom. The maximum absolute atomic E-state index is 13.8. The van der Waals surface area contributed by atoms with Crippen molar-refractivity contribution in [2.45, 2.75) is 69.6 Å². The number of nitrogens with one attached hydrogen (secondary N) is 2. The average molecular weight is 536 g/mol. The molecule has 0 saturated heterocycles. The molecular formula is C24H28Cl2FN7O2. The number of rotatable bonds is 6.